The molecule has 0 saturated carbocycles. The fourth-order valence-electron chi connectivity index (χ4n) is 3.96. The highest BCUT2D eigenvalue weighted by Gasteiger charge is 2.15. The van der Waals surface area contributed by atoms with E-state index in [0.717, 1.165) is 36.2 Å². The van der Waals surface area contributed by atoms with E-state index >= 15 is 0 Å². The number of hydrogen-bond donors (Lipinski definition) is 2. The number of pyridine rings is 1. The number of para-hydroxylation sites is 1. The number of aromatic nitrogens is 1. The van der Waals surface area contributed by atoms with Crippen LogP contribution in [0.2, 0.25) is 0 Å². The highest BCUT2D eigenvalue weighted by Crippen LogP contribution is 2.24. The number of amides is 1. The van der Waals surface area contributed by atoms with E-state index in [4.69, 9.17) is 4.98 Å². The lowest BCUT2D eigenvalue weighted by Gasteiger charge is -2.16. The summed E-state index contributed by atoms with van der Waals surface area (Å²) in [6.07, 6.45) is 2.52. The first-order valence-corrected chi connectivity index (χ1v) is 10.9. The van der Waals surface area contributed by atoms with Gasteiger partial charge in [0.05, 0.1) is 11.1 Å². The molecular formula is C25H30N4O. The van der Waals surface area contributed by atoms with Gasteiger partial charge in [0.2, 0.25) is 0 Å². The van der Waals surface area contributed by atoms with Gasteiger partial charge in [-0.15, -0.1) is 0 Å². The molecule has 2 N–H and O–H groups in total. The van der Waals surface area contributed by atoms with Crippen LogP contribution in [-0.2, 0) is 0 Å². The van der Waals surface area contributed by atoms with Gasteiger partial charge < -0.3 is 15.5 Å². The average molecular weight is 403 g/mol. The van der Waals surface area contributed by atoms with Crippen molar-refractivity contribution in [1.29, 1.82) is 0 Å². The van der Waals surface area contributed by atoms with Crippen LogP contribution in [0.4, 0.5) is 11.5 Å². The van der Waals surface area contributed by atoms with Gasteiger partial charge in [0.25, 0.3) is 5.91 Å². The van der Waals surface area contributed by atoms with E-state index in [-0.39, 0.29) is 5.91 Å². The van der Waals surface area contributed by atoms with Crippen molar-refractivity contribution >= 4 is 28.3 Å². The van der Waals surface area contributed by atoms with Crippen molar-refractivity contribution in [2.24, 2.45) is 0 Å². The van der Waals surface area contributed by atoms with Crippen LogP contribution >= 0.6 is 0 Å². The number of likely N-dealkylation sites (tertiary alicyclic amines) is 1. The average Bonchev–Trinajstić information content (AvgIpc) is 3.27. The maximum Gasteiger partial charge on any atom is 0.252 e. The van der Waals surface area contributed by atoms with Crippen LogP contribution in [0.5, 0.6) is 0 Å². The van der Waals surface area contributed by atoms with Crippen LogP contribution in [-0.4, -0.2) is 42.0 Å². The Balaban J connectivity index is 1.53. The predicted octanol–water partition coefficient (Wildman–Crippen LogP) is 4.93. The van der Waals surface area contributed by atoms with Gasteiger partial charge >= 0.3 is 0 Å². The van der Waals surface area contributed by atoms with Crippen molar-refractivity contribution in [3.8, 4) is 0 Å². The molecule has 1 aliphatic heterocycles. The molecule has 0 aliphatic carbocycles. The largest absolute Gasteiger partial charge is 0.351 e. The first-order valence-electron chi connectivity index (χ1n) is 10.9. The molecule has 0 unspecified atom stereocenters. The number of carbonyl (C=O) groups excluding carboxylic acids is 1. The lowest BCUT2D eigenvalue weighted by Crippen LogP contribution is -2.33. The number of nitrogens with zero attached hydrogens (tertiary/aromatic N) is 2. The van der Waals surface area contributed by atoms with Crippen molar-refractivity contribution in [2.45, 2.75) is 32.6 Å². The third-order valence-corrected chi connectivity index (χ3v) is 5.72. The van der Waals surface area contributed by atoms with Crippen molar-refractivity contribution in [3.63, 3.8) is 0 Å². The second-order valence-electron chi connectivity index (χ2n) is 8.28. The highest BCUT2D eigenvalue weighted by molar-refractivity contribution is 6.07. The SMILES string of the molecule is CC(C)c1ccc(Nc2cc(C(=O)NCCN3CCCC3)c3ccccc3n2)cc1. The monoisotopic (exact) mass is 402 g/mol. The molecule has 1 fully saturated rings. The molecule has 1 aliphatic rings. The lowest BCUT2D eigenvalue weighted by molar-refractivity contribution is 0.0951. The van der Waals surface area contributed by atoms with Gasteiger partial charge in [-0.25, -0.2) is 4.98 Å². The number of carbonyl (C=O) groups is 1. The van der Waals surface area contributed by atoms with Crippen molar-refractivity contribution < 1.29 is 4.79 Å². The standard InChI is InChI=1S/C25H30N4O/c1-18(2)19-9-11-20(12-10-19)27-24-17-22(21-7-3-4-8-23(21)28-24)25(30)26-13-16-29-14-5-6-15-29/h3-4,7-12,17-18H,5-6,13-16H2,1-2H3,(H,26,30)(H,27,28). The minimum absolute atomic E-state index is 0.0500. The zero-order chi connectivity index (χ0) is 20.9. The minimum atomic E-state index is -0.0500. The molecule has 5 nitrogen and oxygen atoms in total. The number of rotatable bonds is 7. The summed E-state index contributed by atoms with van der Waals surface area (Å²) in [5.74, 6) is 1.12. The van der Waals surface area contributed by atoms with Gasteiger partial charge in [-0.1, -0.05) is 44.2 Å². The Morgan fingerprint density at radius 3 is 2.53 bits per heavy atom. The molecule has 0 radical (unpaired) electrons. The highest BCUT2D eigenvalue weighted by atomic mass is 16.1. The molecule has 4 rings (SSSR count). The Kier molecular flexibility index (Phi) is 6.29. The minimum Gasteiger partial charge on any atom is -0.351 e. The van der Waals surface area contributed by atoms with Crippen LogP contribution < -0.4 is 10.6 Å². The third kappa shape index (κ3) is 4.79. The molecule has 0 bridgehead atoms. The van der Waals surface area contributed by atoms with E-state index in [9.17, 15) is 4.79 Å². The fourth-order valence-corrected chi connectivity index (χ4v) is 3.96. The first-order chi connectivity index (χ1) is 14.6. The number of fused-ring (bicyclic) bond motifs is 1. The zero-order valence-corrected chi connectivity index (χ0v) is 17.8. The molecule has 5 heteroatoms. The zero-order valence-electron chi connectivity index (χ0n) is 17.8. The maximum absolute atomic E-state index is 13.0. The molecule has 2 aromatic carbocycles. The third-order valence-electron chi connectivity index (χ3n) is 5.72. The first kappa shape index (κ1) is 20.4. The Hall–Kier alpha value is -2.92. The summed E-state index contributed by atoms with van der Waals surface area (Å²) in [6.45, 7) is 8.20. The molecule has 0 atom stereocenters. The second-order valence-corrected chi connectivity index (χ2v) is 8.28. The molecule has 156 valence electrons. The molecule has 30 heavy (non-hydrogen) atoms. The molecule has 3 aromatic rings. The molecule has 1 aromatic heterocycles. The molecule has 0 spiro atoms. The summed E-state index contributed by atoms with van der Waals surface area (Å²) in [5.41, 5.74) is 3.72. The molecular weight excluding hydrogens is 372 g/mol. The van der Waals surface area contributed by atoms with Crippen molar-refractivity contribution in [1.82, 2.24) is 15.2 Å². The van der Waals surface area contributed by atoms with Gasteiger partial charge in [0, 0.05) is 24.2 Å². The van der Waals surface area contributed by atoms with Gasteiger partial charge in [-0.05, 0) is 61.7 Å². The maximum atomic E-state index is 13.0. The van der Waals surface area contributed by atoms with Gasteiger partial charge in [-0.3, -0.25) is 4.79 Å². The molecule has 2 heterocycles. The van der Waals surface area contributed by atoms with E-state index in [0.29, 0.717) is 23.8 Å². The topological polar surface area (TPSA) is 57.3 Å². The molecule has 1 saturated heterocycles. The Bertz CT molecular complexity index is 1010. The summed E-state index contributed by atoms with van der Waals surface area (Å²) < 4.78 is 0. The fraction of sp³-hybridized carbons (Fsp3) is 0.360. The van der Waals surface area contributed by atoms with Crippen molar-refractivity contribution in [2.75, 3.05) is 31.5 Å². The van der Waals surface area contributed by atoms with Gasteiger partial charge in [-0.2, -0.15) is 0 Å². The van der Waals surface area contributed by atoms with E-state index in [1.54, 1.807) is 0 Å². The van der Waals surface area contributed by atoms with Crippen LogP contribution in [0.1, 0.15) is 48.5 Å². The van der Waals surface area contributed by atoms with Crippen LogP contribution in [0.25, 0.3) is 10.9 Å². The van der Waals surface area contributed by atoms with E-state index in [2.05, 4.69) is 53.6 Å². The van der Waals surface area contributed by atoms with E-state index in [1.807, 2.05) is 30.3 Å². The smallest absolute Gasteiger partial charge is 0.252 e. The second kappa shape index (κ2) is 9.26. The summed E-state index contributed by atoms with van der Waals surface area (Å²) in [6, 6.07) is 18.0. The van der Waals surface area contributed by atoms with Crippen LogP contribution in [0, 0.1) is 0 Å². The predicted molar refractivity (Wildman–Crippen MR) is 124 cm³/mol. The van der Waals surface area contributed by atoms with Gasteiger partial charge in [0.15, 0.2) is 0 Å². The molecule has 1 amide bonds. The quantitative estimate of drug-likeness (QED) is 0.588. The van der Waals surface area contributed by atoms with E-state index < -0.39 is 0 Å². The Morgan fingerprint density at radius 1 is 1.07 bits per heavy atom. The summed E-state index contributed by atoms with van der Waals surface area (Å²) in [5, 5.41) is 7.32. The summed E-state index contributed by atoms with van der Waals surface area (Å²) in [4.78, 5) is 20.1. The lowest BCUT2D eigenvalue weighted by atomic mass is 10.0. The summed E-state index contributed by atoms with van der Waals surface area (Å²) >= 11 is 0. The van der Waals surface area contributed by atoms with Crippen LogP contribution in [0.15, 0.2) is 54.6 Å². The van der Waals surface area contributed by atoms with Crippen LogP contribution in [0.3, 0.4) is 0 Å². The van der Waals surface area contributed by atoms with E-state index in [1.165, 1.54) is 18.4 Å². The normalized spacial score (nSPS) is 14.4. The number of benzene rings is 2. The number of nitrogens with one attached hydrogen (secondary N) is 2. The summed E-state index contributed by atoms with van der Waals surface area (Å²) in [7, 11) is 0. The van der Waals surface area contributed by atoms with Gasteiger partial charge in [0.1, 0.15) is 5.82 Å². The number of hydrogen-bond acceptors (Lipinski definition) is 4. The number of anilines is 2. The van der Waals surface area contributed by atoms with Crippen molar-refractivity contribution in [3.05, 3.63) is 65.7 Å². The Labute approximate surface area is 178 Å². The Morgan fingerprint density at radius 2 is 1.80 bits per heavy atom.